The smallest absolute Gasteiger partial charge is 0.272 e. The van der Waals surface area contributed by atoms with Gasteiger partial charge in [0.15, 0.2) is 5.76 Å². The Morgan fingerprint density at radius 3 is 3.00 bits per heavy atom. The second kappa shape index (κ2) is 6.37. The molecule has 1 fully saturated rings. The first-order valence-corrected chi connectivity index (χ1v) is 7.76. The average molecular weight is 298 g/mol. The summed E-state index contributed by atoms with van der Waals surface area (Å²) in [7, 11) is 2.03. The Balaban J connectivity index is 2.27. The lowest BCUT2D eigenvalue weighted by molar-refractivity contribution is 0.410. The molecule has 0 saturated carbocycles. The van der Waals surface area contributed by atoms with Gasteiger partial charge in [0.1, 0.15) is 5.03 Å². The predicted octanol–water partition coefficient (Wildman–Crippen LogP) is 3.45. The van der Waals surface area contributed by atoms with E-state index in [1.807, 2.05) is 7.05 Å². The van der Waals surface area contributed by atoms with Crippen molar-refractivity contribution < 1.29 is 9.52 Å². The minimum atomic E-state index is 0.0946. The third kappa shape index (κ3) is 3.26. The number of aromatic hydroxyl groups is 1. The zero-order valence-corrected chi connectivity index (χ0v) is 12.8. The summed E-state index contributed by atoms with van der Waals surface area (Å²) in [6, 6.07) is 0. The molecule has 0 bridgehead atoms. The molecule has 1 aromatic rings. The minimum absolute atomic E-state index is 0.0946. The summed E-state index contributed by atoms with van der Waals surface area (Å²) in [6.07, 6.45) is 3.67. The number of oxazole rings is 1. The highest BCUT2D eigenvalue weighted by molar-refractivity contribution is 8.03. The summed E-state index contributed by atoms with van der Waals surface area (Å²) in [5.41, 5.74) is 3.15. The van der Waals surface area contributed by atoms with Crippen LogP contribution >= 0.6 is 24.0 Å². The average Bonchev–Trinajstić information content (AvgIpc) is 2.90. The third-order valence-electron chi connectivity index (χ3n) is 2.97. The molecule has 104 valence electrons. The van der Waals surface area contributed by atoms with Crippen molar-refractivity contribution >= 4 is 30.1 Å². The number of aromatic nitrogens is 1. The molecular weight excluding hydrogens is 280 g/mol. The summed E-state index contributed by atoms with van der Waals surface area (Å²) in [4.78, 5) is 2.44. The van der Waals surface area contributed by atoms with Crippen LogP contribution in [0.15, 0.2) is 15.2 Å². The van der Waals surface area contributed by atoms with E-state index in [2.05, 4.69) is 17.6 Å². The second-order valence-corrected chi connectivity index (χ2v) is 5.86. The van der Waals surface area contributed by atoms with E-state index >= 15 is 0 Å². The van der Waals surface area contributed by atoms with E-state index in [0.29, 0.717) is 17.1 Å². The summed E-state index contributed by atoms with van der Waals surface area (Å²) in [5, 5.41) is 11.1. The molecule has 0 amide bonds. The molecule has 1 N–H and O–H groups in total. The van der Waals surface area contributed by atoms with Crippen LogP contribution in [0.1, 0.15) is 25.5 Å². The molecule has 0 aromatic carbocycles. The molecule has 1 aliphatic rings. The van der Waals surface area contributed by atoms with Crippen molar-refractivity contribution in [3.05, 3.63) is 21.4 Å². The molecule has 1 saturated heterocycles. The monoisotopic (exact) mass is 298 g/mol. The van der Waals surface area contributed by atoms with Gasteiger partial charge in [-0.15, -0.1) is 0 Å². The SMILES string of the molecule is CCCCn1c(O)c(C=C=C2SCCN2C)oc1=S. The van der Waals surface area contributed by atoms with Gasteiger partial charge in [-0.25, -0.2) is 0 Å². The summed E-state index contributed by atoms with van der Waals surface area (Å²) in [6.45, 7) is 3.80. The van der Waals surface area contributed by atoms with E-state index in [-0.39, 0.29) is 5.88 Å². The van der Waals surface area contributed by atoms with Crippen molar-refractivity contribution in [2.24, 2.45) is 0 Å². The fourth-order valence-electron chi connectivity index (χ4n) is 1.79. The first kappa shape index (κ1) is 14.3. The molecule has 2 heterocycles. The van der Waals surface area contributed by atoms with Crippen molar-refractivity contribution in [1.82, 2.24) is 9.47 Å². The van der Waals surface area contributed by atoms with Gasteiger partial charge in [0.25, 0.3) is 4.84 Å². The number of hydrogen-bond acceptors (Lipinski definition) is 5. The summed E-state index contributed by atoms with van der Waals surface area (Å²) in [5.74, 6) is 1.55. The molecule has 4 nitrogen and oxygen atoms in total. The largest absolute Gasteiger partial charge is 0.492 e. The van der Waals surface area contributed by atoms with Crippen LogP contribution < -0.4 is 0 Å². The highest BCUT2D eigenvalue weighted by Gasteiger charge is 2.13. The molecule has 0 atom stereocenters. The fourth-order valence-corrected chi connectivity index (χ4v) is 3.07. The molecule has 2 rings (SSSR count). The standard InChI is InChI=1S/C13H18N2O2S2/c1-3-4-7-15-12(16)10(17-13(15)18)5-6-11-14(2)8-9-19-11/h5,16H,3-4,7-9H2,1-2H3. The van der Waals surface area contributed by atoms with E-state index in [1.54, 1.807) is 22.4 Å². The molecule has 6 heteroatoms. The highest BCUT2D eigenvalue weighted by atomic mass is 32.2. The first-order valence-electron chi connectivity index (χ1n) is 6.36. The van der Waals surface area contributed by atoms with E-state index < -0.39 is 0 Å². The van der Waals surface area contributed by atoms with Crippen molar-refractivity contribution in [3.8, 4) is 5.88 Å². The number of rotatable bonds is 4. The Morgan fingerprint density at radius 1 is 1.58 bits per heavy atom. The molecular formula is C13H18N2O2S2. The molecule has 19 heavy (non-hydrogen) atoms. The number of thioether (sulfide) groups is 1. The van der Waals surface area contributed by atoms with E-state index in [0.717, 1.165) is 30.2 Å². The maximum atomic E-state index is 10.1. The van der Waals surface area contributed by atoms with E-state index in [1.165, 1.54) is 0 Å². The van der Waals surface area contributed by atoms with Gasteiger partial charge in [0.2, 0.25) is 5.88 Å². The molecule has 1 aliphatic heterocycles. The van der Waals surface area contributed by atoms with Gasteiger partial charge >= 0.3 is 0 Å². The van der Waals surface area contributed by atoms with Crippen LogP contribution in [0.5, 0.6) is 5.88 Å². The lowest BCUT2D eigenvalue weighted by Crippen LogP contribution is -2.09. The Labute approximate surface area is 122 Å². The molecule has 0 unspecified atom stereocenters. The van der Waals surface area contributed by atoms with Crippen molar-refractivity contribution in [3.63, 3.8) is 0 Å². The quantitative estimate of drug-likeness (QED) is 0.681. The van der Waals surface area contributed by atoms with Crippen molar-refractivity contribution in [2.75, 3.05) is 19.3 Å². The maximum absolute atomic E-state index is 10.1. The minimum Gasteiger partial charge on any atom is -0.492 e. The predicted molar refractivity (Wildman–Crippen MR) is 80.7 cm³/mol. The second-order valence-electron chi connectivity index (χ2n) is 4.42. The van der Waals surface area contributed by atoms with Crippen molar-refractivity contribution in [2.45, 2.75) is 26.3 Å². The van der Waals surface area contributed by atoms with Crippen LogP contribution in [-0.4, -0.2) is 33.9 Å². The molecule has 1 aromatic heterocycles. The Bertz CT molecular complexity index is 568. The van der Waals surface area contributed by atoms with Gasteiger partial charge in [-0.3, -0.25) is 4.57 Å². The van der Waals surface area contributed by atoms with Crippen LogP contribution in [0.25, 0.3) is 6.08 Å². The Hall–Kier alpha value is -1.10. The van der Waals surface area contributed by atoms with Crippen molar-refractivity contribution in [1.29, 1.82) is 0 Å². The number of hydrogen-bond donors (Lipinski definition) is 1. The van der Waals surface area contributed by atoms with Crippen LogP contribution in [0.4, 0.5) is 0 Å². The van der Waals surface area contributed by atoms with E-state index in [9.17, 15) is 5.11 Å². The van der Waals surface area contributed by atoms with Crippen LogP contribution in [0.3, 0.4) is 0 Å². The van der Waals surface area contributed by atoms with Gasteiger partial charge in [-0.1, -0.05) is 30.8 Å². The Morgan fingerprint density at radius 2 is 2.37 bits per heavy atom. The van der Waals surface area contributed by atoms with Gasteiger partial charge in [-0.05, 0) is 18.6 Å². The van der Waals surface area contributed by atoms with Crippen LogP contribution in [0, 0.1) is 4.84 Å². The molecule has 0 aliphatic carbocycles. The molecule has 0 radical (unpaired) electrons. The van der Waals surface area contributed by atoms with Gasteiger partial charge in [-0.2, -0.15) is 0 Å². The van der Waals surface area contributed by atoms with Gasteiger partial charge < -0.3 is 14.4 Å². The zero-order chi connectivity index (χ0) is 13.8. The summed E-state index contributed by atoms with van der Waals surface area (Å²) < 4.78 is 7.03. The molecule has 0 spiro atoms. The normalized spacial score (nSPS) is 14.8. The zero-order valence-electron chi connectivity index (χ0n) is 11.2. The van der Waals surface area contributed by atoms with Gasteiger partial charge in [0.05, 0.1) is 0 Å². The first-order chi connectivity index (χ1) is 9.13. The maximum Gasteiger partial charge on any atom is 0.272 e. The lowest BCUT2D eigenvalue weighted by atomic mass is 10.3. The lowest BCUT2D eigenvalue weighted by Gasteiger charge is -2.07. The number of nitrogens with zero attached hydrogens (tertiary/aromatic N) is 2. The van der Waals surface area contributed by atoms with E-state index in [4.69, 9.17) is 16.6 Å². The van der Waals surface area contributed by atoms with Crippen LogP contribution in [0.2, 0.25) is 0 Å². The third-order valence-corrected chi connectivity index (χ3v) is 4.36. The fraction of sp³-hybridized carbons (Fsp3) is 0.538. The topological polar surface area (TPSA) is 41.5 Å². The highest BCUT2D eigenvalue weighted by Crippen LogP contribution is 2.26. The number of unbranched alkanes of at least 4 members (excludes halogenated alkanes) is 1. The van der Waals surface area contributed by atoms with Crippen LogP contribution in [-0.2, 0) is 6.54 Å². The Kier molecular flexibility index (Phi) is 4.80. The van der Waals surface area contributed by atoms with Gasteiger partial charge in [0, 0.05) is 32.0 Å². The summed E-state index contributed by atoms with van der Waals surface area (Å²) >= 11 is 6.86.